The Hall–Kier alpha value is -2.70. The van der Waals surface area contributed by atoms with E-state index in [9.17, 15) is 4.79 Å². The van der Waals surface area contributed by atoms with E-state index in [4.69, 9.17) is 11.6 Å². The second-order valence-corrected chi connectivity index (χ2v) is 8.92. The van der Waals surface area contributed by atoms with Crippen molar-refractivity contribution < 1.29 is 4.79 Å². The molecule has 0 unspecified atom stereocenters. The third kappa shape index (κ3) is 3.73. The van der Waals surface area contributed by atoms with Crippen molar-refractivity contribution >= 4 is 34.9 Å². The largest absolute Gasteiger partial charge is 0.294 e. The van der Waals surface area contributed by atoms with E-state index in [1.807, 2.05) is 36.4 Å². The molecule has 0 saturated carbocycles. The van der Waals surface area contributed by atoms with Crippen LogP contribution in [0.4, 0.5) is 0 Å². The summed E-state index contributed by atoms with van der Waals surface area (Å²) in [6.07, 6.45) is 2.92. The lowest BCUT2D eigenvalue weighted by molar-refractivity contribution is 0.0962. The van der Waals surface area contributed by atoms with Gasteiger partial charge in [0.05, 0.1) is 11.3 Å². The molecule has 30 heavy (non-hydrogen) atoms. The molecule has 2 aromatic heterocycles. The van der Waals surface area contributed by atoms with Crippen molar-refractivity contribution in [1.29, 1.82) is 0 Å². The smallest absolute Gasteiger partial charge is 0.253 e. The SMILES string of the molecule is Cc1ccccc1CSc1nc2nc3c(cn2n1)C(=O)C[C@@H](c1cccc(Cl)c1)C3. The minimum absolute atomic E-state index is 0.0801. The van der Waals surface area contributed by atoms with Gasteiger partial charge < -0.3 is 0 Å². The van der Waals surface area contributed by atoms with E-state index in [1.165, 1.54) is 11.1 Å². The molecule has 0 radical (unpaired) electrons. The highest BCUT2D eigenvalue weighted by Crippen LogP contribution is 2.33. The molecule has 2 aromatic carbocycles. The predicted molar refractivity (Wildman–Crippen MR) is 118 cm³/mol. The van der Waals surface area contributed by atoms with Crippen LogP contribution in [-0.2, 0) is 12.2 Å². The minimum Gasteiger partial charge on any atom is -0.294 e. The van der Waals surface area contributed by atoms with Gasteiger partial charge in [0.25, 0.3) is 5.78 Å². The number of halogens is 1. The molecular formula is C23H19ClN4OS. The molecule has 0 N–H and O–H groups in total. The Bertz CT molecular complexity index is 1270. The zero-order valence-corrected chi connectivity index (χ0v) is 18.0. The van der Waals surface area contributed by atoms with Crippen molar-refractivity contribution in [1.82, 2.24) is 19.6 Å². The third-order valence-corrected chi connectivity index (χ3v) is 6.62. The fraction of sp³-hybridized carbons (Fsp3) is 0.217. The quantitative estimate of drug-likeness (QED) is 0.408. The second kappa shape index (κ2) is 7.85. The Balaban J connectivity index is 1.42. The number of Topliss-reactive ketones (excluding diaryl/α,β-unsaturated/α-hetero) is 1. The van der Waals surface area contributed by atoms with Crippen LogP contribution in [0.15, 0.2) is 59.9 Å². The molecule has 4 aromatic rings. The first kappa shape index (κ1) is 19.3. The van der Waals surface area contributed by atoms with Gasteiger partial charge in [-0.2, -0.15) is 4.98 Å². The molecule has 2 heterocycles. The van der Waals surface area contributed by atoms with Crippen LogP contribution in [0.5, 0.6) is 0 Å². The van der Waals surface area contributed by atoms with Gasteiger partial charge in [0.15, 0.2) is 5.78 Å². The number of hydrogen-bond acceptors (Lipinski definition) is 5. The molecule has 0 bridgehead atoms. The molecule has 1 atom stereocenters. The summed E-state index contributed by atoms with van der Waals surface area (Å²) in [5.74, 6) is 1.48. The summed E-state index contributed by atoms with van der Waals surface area (Å²) in [6.45, 7) is 2.10. The molecular weight excluding hydrogens is 416 g/mol. The van der Waals surface area contributed by atoms with E-state index >= 15 is 0 Å². The zero-order valence-electron chi connectivity index (χ0n) is 16.4. The Kier molecular flexibility index (Phi) is 5.05. The van der Waals surface area contributed by atoms with E-state index < -0.39 is 0 Å². The van der Waals surface area contributed by atoms with Gasteiger partial charge in [-0.05, 0) is 48.1 Å². The van der Waals surface area contributed by atoms with Gasteiger partial charge in [-0.15, -0.1) is 5.10 Å². The summed E-state index contributed by atoms with van der Waals surface area (Å²) in [7, 11) is 0. The van der Waals surface area contributed by atoms with Crippen molar-refractivity contribution in [3.63, 3.8) is 0 Å². The molecule has 150 valence electrons. The lowest BCUT2D eigenvalue weighted by Crippen LogP contribution is -2.21. The number of ketones is 1. The summed E-state index contributed by atoms with van der Waals surface area (Å²) in [6, 6.07) is 16.0. The van der Waals surface area contributed by atoms with Crippen LogP contribution < -0.4 is 0 Å². The van der Waals surface area contributed by atoms with Gasteiger partial charge in [-0.3, -0.25) is 4.79 Å². The first-order valence-corrected chi connectivity index (χ1v) is 11.2. The third-order valence-electron chi connectivity index (χ3n) is 5.50. The highest BCUT2D eigenvalue weighted by molar-refractivity contribution is 7.98. The van der Waals surface area contributed by atoms with Crippen LogP contribution in [0.2, 0.25) is 5.02 Å². The normalized spacial score (nSPS) is 16.1. The van der Waals surface area contributed by atoms with Gasteiger partial charge in [-0.1, -0.05) is 59.8 Å². The molecule has 0 fully saturated rings. The van der Waals surface area contributed by atoms with E-state index in [2.05, 4.69) is 34.1 Å². The van der Waals surface area contributed by atoms with E-state index in [-0.39, 0.29) is 11.7 Å². The summed E-state index contributed by atoms with van der Waals surface area (Å²) >= 11 is 7.71. The van der Waals surface area contributed by atoms with Crippen molar-refractivity contribution in [2.45, 2.75) is 36.6 Å². The Labute approximate surface area is 183 Å². The van der Waals surface area contributed by atoms with Gasteiger partial charge in [-0.25, -0.2) is 9.50 Å². The van der Waals surface area contributed by atoms with Crippen molar-refractivity contribution in [2.24, 2.45) is 0 Å². The van der Waals surface area contributed by atoms with E-state index in [0.29, 0.717) is 34.4 Å². The molecule has 0 spiro atoms. The number of aromatic nitrogens is 4. The molecule has 0 aliphatic heterocycles. The molecule has 5 nitrogen and oxygen atoms in total. The zero-order chi connectivity index (χ0) is 20.7. The number of aryl methyl sites for hydroxylation is 1. The minimum atomic E-state index is 0.0801. The maximum Gasteiger partial charge on any atom is 0.253 e. The first-order valence-electron chi connectivity index (χ1n) is 9.79. The Morgan fingerprint density at radius 1 is 1.13 bits per heavy atom. The molecule has 1 aliphatic rings. The van der Waals surface area contributed by atoms with Crippen LogP contribution in [-0.4, -0.2) is 25.4 Å². The first-order chi connectivity index (χ1) is 14.6. The fourth-order valence-corrected chi connectivity index (χ4v) is 4.94. The van der Waals surface area contributed by atoms with Crippen LogP contribution in [0.25, 0.3) is 5.78 Å². The van der Waals surface area contributed by atoms with E-state index in [0.717, 1.165) is 17.0 Å². The van der Waals surface area contributed by atoms with Crippen LogP contribution >= 0.6 is 23.4 Å². The van der Waals surface area contributed by atoms with E-state index in [1.54, 1.807) is 22.5 Å². The second-order valence-electron chi connectivity index (χ2n) is 7.54. The summed E-state index contributed by atoms with van der Waals surface area (Å²) in [4.78, 5) is 22.1. The van der Waals surface area contributed by atoms with Crippen molar-refractivity contribution in [3.8, 4) is 0 Å². The van der Waals surface area contributed by atoms with Crippen LogP contribution in [0, 0.1) is 6.92 Å². The number of thioether (sulfide) groups is 1. The van der Waals surface area contributed by atoms with Crippen LogP contribution in [0.1, 0.15) is 45.1 Å². The monoisotopic (exact) mass is 434 g/mol. The maximum absolute atomic E-state index is 12.8. The Morgan fingerprint density at radius 2 is 2.00 bits per heavy atom. The molecule has 7 heteroatoms. The molecule has 0 amide bonds. The maximum atomic E-state index is 12.8. The number of nitrogens with zero attached hydrogens (tertiary/aromatic N) is 4. The Morgan fingerprint density at radius 3 is 2.83 bits per heavy atom. The summed E-state index contributed by atoms with van der Waals surface area (Å²) in [5, 5.41) is 5.87. The van der Waals surface area contributed by atoms with Crippen molar-refractivity contribution in [2.75, 3.05) is 0 Å². The summed E-state index contributed by atoms with van der Waals surface area (Å²) in [5.41, 5.74) is 5.00. The lowest BCUT2D eigenvalue weighted by Gasteiger charge is -2.23. The molecule has 5 rings (SSSR count). The number of benzene rings is 2. The van der Waals surface area contributed by atoms with Gasteiger partial charge in [0, 0.05) is 23.4 Å². The number of rotatable bonds is 4. The highest BCUT2D eigenvalue weighted by atomic mass is 35.5. The van der Waals surface area contributed by atoms with Gasteiger partial charge in [0.1, 0.15) is 0 Å². The highest BCUT2D eigenvalue weighted by Gasteiger charge is 2.28. The van der Waals surface area contributed by atoms with Gasteiger partial charge >= 0.3 is 0 Å². The number of hydrogen-bond donors (Lipinski definition) is 0. The number of carbonyl (C=O) groups is 1. The average molecular weight is 435 g/mol. The average Bonchev–Trinajstić information content (AvgIpc) is 3.13. The van der Waals surface area contributed by atoms with Crippen LogP contribution in [0.3, 0.4) is 0 Å². The molecule has 1 aliphatic carbocycles. The number of carbonyl (C=O) groups excluding carboxylic acids is 1. The lowest BCUT2D eigenvalue weighted by atomic mass is 9.82. The van der Waals surface area contributed by atoms with Gasteiger partial charge in [0.2, 0.25) is 5.16 Å². The number of fused-ring (bicyclic) bond motifs is 2. The van der Waals surface area contributed by atoms with Crippen molar-refractivity contribution in [3.05, 3.63) is 87.7 Å². The standard InChI is InChI=1S/C23H19ClN4OS/c1-14-5-2-3-6-16(14)13-30-23-26-22-25-20-10-17(15-7-4-8-18(24)9-15)11-21(29)19(20)12-28(22)27-23/h2-9,12,17H,10-11,13H2,1H3/t17-/m0/s1. The summed E-state index contributed by atoms with van der Waals surface area (Å²) < 4.78 is 1.62. The molecule has 0 saturated heterocycles. The predicted octanol–water partition coefficient (Wildman–Crippen LogP) is 5.29. The fourth-order valence-electron chi connectivity index (χ4n) is 3.84. The topological polar surface area (TPSA) is 60.1 Å².